The minimum Gasteiger partial charge on any atom is -0.466 e. The number of rotatable bonds is 12. The van der Waals surface area contributed by atoms with Gasteiger partial charge in [0.15, 0.2) is 6.10 Å². The van der Waals surface area contributed by atoms with Crippen molar-refractivity contribution in [3.8, 4) is 0 Å². The van der Waals surface area contributed by atoms with Gasteiger partial charge in [-0.15, -0.1) is 23.4 Å². The number of ether oxygens (including phenoxy) is 2. The molecule has 0 aliphatic carbocycles. The normalized spacial score (nSPS) is 18.0. The minimum atomic E-state index is -1.09. The molecule has 2 aliphatic heterocycles. The van der Waals surface area contributed by atoms with E-state index in [2.05, 4.69) is 21.8 Å². The number of amides is 2. The summed E-state index contributed by atoms with van der Waals surface area (Å²) in [6.45, 7) is 3.14. The Balaban J connectivity index is 1.54. The SMILES string of the molecule is C=CC1=C(C(=O)OC(c2ccccc2)c2ccccc2)N2C(=O)C(NC(=O)C(=NOCC(=O)OC)C(=O)CCl)[C@@H]2SC1. The summed E-state index contributed by atoms with van der Waals surface area (Å²) in [5.41, 5.74) is 1.27. The Morgan fingerprint density at radius 2 is 1.74 bits per heavy atom. The summed E-state index contributed by atoms with van der Waals surface area (Å²) in [7, 11) is 1.13. The van der Waals surface area contributed by atoms with E-state index >= 15 is 0 Å². The van der Waals surface area contributed by atoms with Gasteiger partial charge >= 0.3 is 11.9 Å². The third-order valence-corrected chi connectivity index (χ3v) is 7.87. The van der Waals surface area contributed by atoms with Crippen LogP contribution in [0.3, 0.4) is 0 Å². The summed E-state index contributed by atoms with van der Waals surface area (Å²) in [6.07, 6.45) is 0.741. The number of ketones is 1. The van der Waals surface area contributed by atoms with Crippen molar-refractivity contribution in [3.63, 3.8) is 0 Å². The van der Waals surface area contributed by atoms with E-state index in [1.54, 1.807) is 0 Å². The van der Waals surface area contributed by atoms with Crippen molar-refractivity contribution in [2.75, 3.05) is 25.3 Å². The molecule has 1 saturated heterocycles. The number of thioether (sulfide) groups is 1. The fourth-order valence-electron chi connectivity index (χ4n) is 4.24. The van der Waals surface area contributed by atoms with Crippen molar-refractivity contribution in [2.45, 2.75) is 17.5 Å². The number of nitrogens with one attached hydrogen (secondary N) is 1. The van der Waals surface area contributed by atoms with Crippen molar-refractivity contribution in [1.29, 1.82) is 0 Å². The number of halogens is 1. The zero-order valence-corrected chi connectivity index (χ0v) is 23.9. The van der Waals surface area contributed by atoms with E-state index in [-0.39, 0.29) is 5.70 Å². The zero-order chi connectivity index (χ0) is 30.2. The monoisotopic (exact) mass is 611 g/mol. The van der Waals surface area contributed by atoms with Crippen molar-refractivity contribution < 1.29 is 38.3 Å². The van der Waals surface area contributed by atoms with E-state index in [1.165, 1.54) is 22.7 Å². The van der Waals surface area contributed by atoms with Crippen LogP contribution in [0.4, 0.5) is 0 Å². The molecule has 13 heteroatoms. The number of carbonyl (C=O) groups excluding carboxylic acids is 5. The molecule has 0 bridgehead atoms. The molecule has 1 fully saturated rings. The van der Waals surface area contributed by atoms with E-state index in [0.717, 1.165) is 18.2 Å². The molecule has 11 nitrogen and oxygen atoms in total. The Labute approximate surface area is 250 Å². The molecule has 2 heterocycles. The average molecular weight is 612 g/mol. The molecule has 0 saturated carbocycles. The molecular formula is C29H26ClN3O8S. The molecule has 2 atom stereocenters. The van der Waals surface area contributed by atoms with E-state index in [9.17, 15) is 24.0 Å². The zero-order valence-electron chi connectivity index (χ0n) is 22.4. The molecule has 1 N–H and O–H groups in total. The molecule has 0 spiro atoms. The number of allylic oxidation sites excluding steroid dienone is 1. The first-order chi connectivity index (χ1) is 20.3. The average Bonchev–Trinajstić information content (AvgIpc) is 3.03. The number of methoxy groups -OCH3 is 1. The Bertz CT molecular complexity index is 1410. The lowest BCUT2D eigenvalue weighted by Crippen LogP contribution is -2.71. The van der Waals surface area contributed by atoms with Gasteiger partial charge < -0.3 is 19.6 Å². The Morgan fingerprint density at radius 3 is 2.29 bits per heavy atom. The Hall–Kier alpha value is -4.42. The highest BCUT2D eigenvalue weighted by Gasteiger charge is 2.54. The van der Waals surface area contributed by atoms with Gasteiger partial charge in [0, 0.05) is 5.75 Å². The second-order valence-electron chi connectivity index (χ2n) is 8.89. The standard InChI is InChI=1S/C29H26ClN3O8S/c1-3-17-16-42-28-23(31-26(36)22(20(34)14-30)32-40-15-21(35)39-2)27(37)33(28)24(17)29(38)41-25(18-10-6-4-7-11-18)19-12-8-5-9-13-19/h3-13,23,25,28H,1,14-16H2,2H3,(H,31,36)/t23?,28-/m0/s1. The van der Waals surface area contributed by atoms with Gasteiger partial charge in [0.2, 0.25) is 18.1 Å². The number of Topliss-reactive ketones (excluding diaryl/α,β-unsaturated/α-hetero) is 1. The van der Waals surface area contributed by atoms with Crippen LogP contribution >= 0.6 is 23.4 Å². The first-order valence-corrected chi connectivity index (χ1v) is 14.2. The molecule has 2 aromatic rings. The molecule has 0 radical (unpaired) electrons. The Kier molecular flexibility index (Phi) is 10.2. The number of nitrogens with zero attached hydrogens (tertiary/aromatic N) is 2. The molecule has 4 rings (SSSR count). The van der Waals surface area contributed by atoms with Crippen LogP contribution in [-0.4, -0.2) is 76.9 Å². The van der Waals surface area contributed by atoms with Gasteiger partial charge in [0.05, 0.1) is 13.0 Å². The van der Waals surface area contributed by atoms with Crippen molar-refractivity contribution in [3.05, 3.63) is 95.7 Å². The second-order valence-corrected chi connectivity index (χ2v) is 10.3. The maximum atomic E-state index is 13.7. The van der Waals surface area contributed by atoms with Gasteiger partial charge in [-0.2, -0.15) is 0 Å². The molecule has 218 valence electrons. The summed E-state index contributed by atoms with van der Waals surface area (Å²) >= 11 is 6.89. The third-order valence-electron chi connectivity index (χ3n) is 6.32. The number of fused-ring (bicyclic) bond motifs is 1. The molecule has 42 heavy (non-hydrogen) atoms. The highest BCUT2D eigenvalue weighted by Crippen LogP contribution is 2.41. The molecule has 0 aromatic heterocycles. The first-order valence-electron chi connectivity index (χ1n) is 12.6. The molecule has 2 aliphatic rings. The van der Waals surface area contributed by atoms with Crippen molar-refractivity contribution >= 4 is 58.6 Å². The van der Waals surface area contributed by atoms with Gasteiger partial charge in [-0.3, -0.25) is 19.3 Å². The van der Waals surface area contributed by atoms with Crippen LogP contribution in [0.1, 0.15) is 17.2 Å². The van der Waals surface area contributed by atoms with Gasteiger partial charge in [-0.05, 0) is 16.7 Å². The predicted octanol–water partition coefficient (Wildman–Crippen LogP) is 2.51. The molecular weight excluding hydrogens is 586 g/mol. The highest BCUT2D eigenvalue weighted by atomic mass is 35.5. The largest absolute Gasteiger partial charge is 0.466 e. The lowest BCUT2D eigenvalue weighted by molar-refractivity contribution is -0.154. The number of oxime groups is 1. The van der Waals surface area contributed by atoms with E-state index in [4.69, 9.17) is 21.2 Å². The lowest BCUT2D eigenvalue weighted by Gasteiger charge is -2.49. The number of β-lactam (4-membered cyclic amide) rings is 1. The fourth-order valence-corrected chi connectivity index (χ4v) is 5.70. The minimum absolute atomic E-state index is 0.0215. The number of hydrogen-bond donors (Lipinski definition) is 1. The van der Waals surface area contributed by atoms with Crippen molar-refractivity contribution in [2.24, 2.45) is 5.16 Å². The predicted molar refractivity (Wildman–Crippen MR) is 154 cm³/mol. The number of benzene rings is 2. The second kappa shape index (κ2) is 14.0. The summed E-state index contributed by atoms with van der Waals surface area (Å²) in [6, 6.07) is 17.3. The molecule has 1 unspecified atom stereocenters. The summed E-state index contributed by atoms with van der Waals surface area (Å²) in [5, 5.41) is 5.20. The van der Waals surface area contributed by atoms with Gasteiger partial charge in [0.25, 0.3) is 11.8 Å². The van der Waals surface area contributed by atoms with Crippen LogP contribution < -0.4 is 5.32 Å². The first kappa shape index (κ1) is 30.5. The maximum absolute atomic E-state index is 13.7. The van der Waals surface area contributed by atoms with E-state index in [0.29, 0.717) is 11.3 Å². The quantitative estimate of drug-likeness (QED) is 0.0957. The van der Waals surface area contributed by atoms with Gasteiger partial charge in [-0.1, -0.05) is 78.5 Å². The molecule has 2 aromatic carbocycles. The number of carbonyl (C=O) groups is 5. The van der Waals surface area contributed by atoms with Gasteiger partial charge in [-0.25, -0.2) is 9.59 Å². The number of esters is 2. The third kappa shape index (κ3) is 6.55. The Morgan fingerprint density at radius 1 is 1.12 bits per heavy atom. The topological polar surface area (TPSA) is 141 Å². The summed E-state index contributed by atoms with van der Waals surface area (Å²) < 4.78 is 10.4. The number of alkyl halides is 1. The summed E-state index contributed by atoms with van der Waals surface area (Å²) in [5.74, 6) is -4.32. The maximum Gasteiger partial charge on any atom is 0.356 e. The van der Waals surface area contributed by atoms with Crippen LogP contribution in [0.5, 0.6) is 0 Å². The van der Waals surface area contributed by atoms with E-state index in [1.807, 2.05) is 60.7 Å². The highest BCUT2D eigenvalue weighted by molar-refractivity contribution is 8.00. The van der Waals surface area contributed by atoms with Crippen molar-refractivity contribution in [1.82, 2.24) is 10.2 Å². The number of hydrogen-bond acceptors (Lipinski definition) is 10. The van der Waals surface area contributed by atoms with Crippen LogP contribution in [-0.2, 0) is 38.3 Å². The lowest BCUT2D eigenvalue weighted by atomic mass is 10.0. The van der Waals surface area contributed by atoms with Crippen LogP contribution in [0, 0.1) is 0 Å². The fraction of sp³-hybridized carbons (Fsp3) is 0.241. The van der Waals surface area contributed by atoms with Crippen LogP contribution in [0.25, 0.3) is 0 Å². The van der Waals surface area contributed by atoms with E-state index < -0.39 is 65.3 Å². The summed E-state index contributed by atoms with van der Waals surface area (Å²) in [4.78, 5) is 69.3. The molecule has 2 amide bonds. The van der Waals surface area contributed by atoms with Crippen LogP contribution in [0.2, 0.25) is 0 Å². The van der Waals surface area contributed by atoms with Crippen LogP contribution in [0.15, 0.2) is 89.7 Å². The smallest absolute Gasteiger partial charge is 0.356 e. The van der Waals surface area contributed by atoms with Gasteiger partial charge in [0.1, 0.15) is 17.1 Å².